The zero-order chi connectivity index (χ0) is 20.7. The van der Waals surface area contributed by atoms with Gasteiger partial charge in [-0.3, -0.25) is 4.79 Å². The SMILES string of the molecule is COc1ccc(CC(=O)NC[C@H](c2ccccc2)S(=O)(=O)c2ccccc2)cc1. The maximum atomic E-state index is 13.2. The summed E-state index contributed by atoms with van der Waals surface area (Å²) in [5.41, 5.74) is 1.46. The topological polar surface area (TPSA) is 72.5 Å². The van der Waals surface area contributed by atoms with Crippen molar-refractivity contribution in [3.05, 3.63) is 96.1 Å². The van der Waals surface area contributed by atoms with Gasteiger partial charge in [-0.15, -0.1) is 0 Å². The van der Waals surface area contributed by atoms with Gasteiger partial charge in [0.1, 0.15) is 11.0 Å². The van der Waals surface area contributed by atoms with Crippen molar-refractivity contribution in [2.24, 2.45) is 0 Å². The zero-order valence-electron chi connectivity index (χ0n) is 16.1. The summed E-state index contributed by atoms with van der Waals surface area (Å²) in [4.78, 5) is 12.7. The van der Waals surface area contributed by atoms with Gasteiger partial charge in [0.15, 0.2) is 9.84 Å². The van der Waals surface area contributed by atoms with E-state index in [0.717, 1.165) is 5.56 Å². The molecule has 29 heavy (non-hydrogen) atoms. The minimum atomic E-state index is -3.66. The number of ether oxygens (including phenoxy) is 1. The normalized spacial score (nSPS) is 12.2. The summed E-state index contributed by atoms with van der Waals surface area (Å²) >= 11 is 0. The number of benzene rings is 3. The molecule has 0 bridgehead atoms. The number of rotatable bonds is 8. The van der Waals surface area contributed by atoms with Crippen LogP contribution in [0.4, 0.5) is 0 Å². The smallest absolute Gasteiger partial charge is 0.224 e. The van der Waals surface area contributed by atoms with E-state index in [1.165, 1.54) is 0 Å². The molecule has 1 N–H and O–H groups in total. The molecule has 0 aromatic heterocycles. The highest BCUT2D eigenvalue weighted by atomic mass is 32.2. The molecule has 0 saturated heterocycles. The fourth-order valence-corrected chi connectivity index (χ4v) is 4.73. The van der Waals surface area contributed by atoms with Crippen LogP contribution in [0.5, 0.6) is 5.75 Å². The second kappa shape index (κ2) is 9.39. The molecular weight excluding hydrogens is 386 g/mol. The fourth-order valence-electron chi connectivity index (χ4n) is 3.05. The van der Waals surface area contributed by atoms with E-state index in [-0.39, 0.29) is 23.8 Å². The second-order valence-corrected chi connectivity index (χ2v) is 8.72. The number of methoxy groups -OCH3 is 1. The van der Waals surface area contributed by atoms with Crippen LogP contribution in [-0.4, -0.2) is 28.0 Å². The van der Waals surface area contributed by atoms with Gasteiger partial charge < -0.3 is 10.1 Å². The van der Waals surface area contributed by atoms with Crippen LogP contribution in [0.1, 0.15) is 16.4 Å². The molecule has 0 unspecified atom stereocenters. The summed E-state index contributed by atoms with van der Waals surface area (Å²) in [6.07, 6.45) is 0.164. The number of nitrogens with one attached hydrogen (secondary N) is 1. The predicted octanol–water partition coefficient (Wildman–Crippen LogP) is 3.57. The average Bonchev–Trinajstić information content (AvgIpc) is 2.75. The second-order valence-electron chi connectivity index (χ2n) is 6.59. The number of sulfone groups is 1. The van der Waals surface area contributed by atoms with Crippen LogP contribution in [-0.2, 0) is 21.1 Å². The third kappa shape index (κ3) is 5.23. The molecular formula is C23H23NO4S. The largest absolute Gasteiger partial charge is 0.497 e. The van der Waals surface area contributed by atoms with Crippen molar-refractivity contribution in [1.82, 2.24) is 5.32 Å². The van der Waals surface area contributed by atoms with Gasteiger partial charge in [0.2, 0.25) is 5.91 Å². The highest BCUT2D eigenvalue weighted by Crippen LogP contribution is 2.28. The Balaban J connectivity index is 1.76. The molecule has 0 radical (unpaired) electrons. The first-order valence-electron chi connectivity index (χ1n) is 9.24. The molecule has 3 aromatic rings. The summed E-state index contributed by atoms with van der Waals surface area (Å²) in [6, 6.07) is 24.5. The van der Waals surface area contributed by atoms with E-state index in [1.807, 2.05) is 18.2 Å². The third-order valence-corrected chi connectivity index (χ3v) is 6.74. The van der Waals surface area contributed by atoms with Crippen molar-refractivity contribution in [2.45, 2.75) is 16.6 Å². The lowest BCUT2D eigenvalue weighted by molar-refractivity contribution is -0.120. The molecule has 1 atom stereocenters. The summed E-state index contributed by atoms with van der Waals surface area (Å²) < 4.78 is 31.5. The van der Waals surface area contributed by atoms with Crippen molar-refractivity contribution in [2.75, 3.05) is 13.7 Å². The van der Waals surface area contributed by atoms with E-state index in [2.05, 4.69) is 5.32 Å². The zero-order valence-corrected chi connectivity index (χ0v) is 16.9. The molecule has 0 aliphatic rings. The molecule has 0 spiro atoms. The Labute approximate surface area is 171 Å². The van der Waals surface area contributed by atoms with Gasteiger partial charge in [-0.25, -0.2) is 8.42 Å². The number of carbonyl (C=O) groups excluding carboxylic acids is 1. The van der Waals surface area contributed by atoms with Gasteiger partial charge in [-0.05, 0) is 35.4 Å². The molecule has 5 nitrogen and oxygen atoms in total. The van der Waals surface area contributed by atoms with Gasteiger partial charge in [0, 0.05) is 6.54 Å². The fraction of sp³-hybridized carbons (Fsp3) is 0.174. The Bertz CT molecular complexity index is 1030. The number of amides is 1. The summed E-state index contributed by atoms with van der Waals surface area (Å²) in [6.45, 7) is -0.00374. The van der Waals surface area contributed by atoms with E-state index in [0.29, 0.717) is 11.3 Å². The number of hydrogen-bond acceptors (Lipinski definition) is 4. The molecule has 150 valence electrons. The Hall–Kier alpha value is -3.12. The van der Waals surface area contributed by atoms with Crippen LogP contribution in [0.2, 0.25) is 0 Å². The summed E-state index contributed by atoms with van der Waals surface area (Å²) in [5, 5.41) is 1.92. The molecule has 6 heteroatoms. The molecule has 0 heterocycles. The standard InChI is InChI=1S/C23H23NO4S/c1-28-20-14-12-18(13-15-20)16-23(25)24-17-22(19-8-4-2-5-9-19)29(26,27)21-10-6-3-7-11-21/h2-15,22H,16-17H2,1H3,(H,24,25)/t22-/m1/s1. The van der Waals surface area contributed by atoms with Gasteiger partial charge >= 0.3 is 0 Å². The molecule has 3 rings (SSSR count). The Morgan fingerprint density at radius 2 is 1.48 bits per heavy atom. The average molecular weight is 410 g/mol. The van der Waals surface area contributed by atoms with Crippen LogP contribution >= 0.6 is 0 Å². The van der Waals surface area contributed by atoms with Crippen molar-refractivity contribution >= 4 is 15.7 Å². The molecule has 0 fully saturated rings. The molecule has 0 aliphatic carbocycles. The number of hydrogen-bond donors (Lipinski definition) is 1. The van der Waals surface area contributed by atoms with Crippen LogP contribution in [0.3, 0.4) is 0 Å². The van der Waals surface area contributed by atoms with Gasteiger partial charge in [0.05, 0.1) is 18.4 Å². The van der Waals surface area contributed by atoms with Crippen molar-refractivity contribution in [3.63, 3.8) is 0 Å². The van der Waals surface area contributed by atoms with Crippen LogP contribution in [0.25, 0.3) is 0 Å². The van der Waals surface area contributed by atoms with Crippen LogP contribution in [0, 0.1) is 0 Å². The van der Waals surface area contributed by atoms with Crippen LogP contribution < -0.4 is 10.1 Å². The minimum absolute atomic E-state index is 0.00374. The van der Waals surface area contributed by atoms with Gasteiger partial charge in [-0.1, -0.05) is 60.7 Å². The summed E-state index contributed by atoms with van der Waals surface area (Å²) in [5.74, 6) is 0.478. The van der Waals surface area contributed by atoms with Crippen LogP contribution in [0.15, 0.2) is 89.8 Å². The van der Waals surface area contributed by atoms with Crippen molar-refractivity contribution < 1.29 is 17.9 Å². The van der Waals surface area contributed by atoms with Crippen molar-refractivity contribution in [1.29, 1.82) is 0 Å². The Kier molecular flexibility index (Phi) is 6.67. The molecule has 0 aliphatic heterocycles. The lowest BCUT2D eigenvalue weighted by Gasteiger charge is -2.19. The first-order valence-corrected chi connectivity index (χ1v) is 10.8. The molecule has 1 amide bonds. The Morgan fingerprint density at radius 1 is 0.897 bits per heavy atom. The van der Waals surface area contributed by atoms with Crippen molar-refractivity contribution in [3.8, 4) is 5.75 Å². The number of carbonyl (C=O) groups is 1. The maximum Gasteiger partial charge on any atom is 0.224 e. The van der Waals surface area contributed by atoms with E-state index < -0.39 is 15.1 Å². The van der Waals surface area contributed by atoms with E-state index in [1.54, 1.807) is 73.8 Å². The predicted molar refractivity (Wildman–Crippen MR) is 113 cm³/mol. The quantitative estimate of drug-likeness (QED) is 0.617. The molecule has 3 aromatic carbocycles. The monoisotopic (exact) mass is 409 g/mol. The first-order chi connectivity index (χ1) is 14.0. The lowest BCUT2D eigenvalue weighted by atomic mass is 10.1. The van der Waals surface area contributed by atoms with E-state index in [9.17, 15) is 13.2 Å². The third-order valence-electron chi connectivity index (χ3n) is 4.63. The lowest BCUT2D eigenvalue weighted by Crippen LogP contribution is -2.32. The highest BCUT2D eigenvalue weighted by Gasteiger charge is 2.29. The highest BCUT2D eigenvalue weighted by molar-refractivity contribution is 7.91. The molecule has 0 saturated carbocycles. The first kappa shape index (κ1) is 20.6. The van der Waals surface area contributed by atoms with E-state index >= 15 is 0 Å². The maximum absolute atomic E-state index is 13.2. The minimum Gasteiger partial charge on any atom is -0.497 e. The Morgan fingerprint density at radius 3 is 2.07 bits per heavy atom. The van der Waals surface area contributed by atoms with Gasteiger partial charge in [-0.2, -0.15) is 0 Å². The summed E-state index contributed by atoms with van der Waals surface area (Å²) in [7, 11) is -2.08. The van der Waals surface area contributed by atoms with Gasteiger partial charge in [0.25, 0.3) is 0 Å². The van der Waals surface area contributed by atoms with E-state index in [4.69, 9.17) is 4.74 Å².